The van der Waals surface area contributed by atoms with Crippen LogP contribution >= 0.6 is 12.2 Å². The number of rotatable bonds is 3. The van der Waals surface area contributed by atoms with Crippen molar-refractivity contribution in [1.82, 2.24) is 10.0 Å². The highest BCUT2D eigenvalue weighted by molar-refractivity contribution is 7.80. The average molecular weight is 391 g/mol. The van der Waals surface area contributed by atoms with E-state index < -0.39 is 0 Å². The topological polar surface area (TPSA) is 59.4 Å². The van der Waals surface area contributed by atoms with Crippen molar-refractivity contribution in [3.63, 3.8) is 0 Å². The maximum absolute atomic E-state index is 13.0. The van der Waals surface area contributed by atoms with E-state index in [2.05, 4.69) is 35.7 Å². The van der Waals surface area contributed by atoms with Crippen LogP contribution in [0, 0.1) is 17.2 Å². The number of nitrogens with one attached hydrogen (secondary N) is 1. The van der Waals surface area contributed by atoms with Crippen LogP contribution in [-0.2, 0) is 17.6 Å². The maximum atomic E-state index is 13.0. The second kappa shape index (κ2) is 7.99. The average Bonchev–Trinajstić information content (AvgIpc) is 3.34. The van der Waals surface area contributed by atoms with Crippen molar-refractivity contribution >= 4 is 28.9 Å². The lowest BCUT2D eigenvalue weighted by atomic mass is 10.0. The van der Waals surface area contributed by atoms with Gasteiger partial charge in [-0.25, -0.2) is 0 Å². The molecule has 0 atom stereocenters. The van der Waals surface area contributed by atoms with Crippen molar-refractivity contribution in [2.45, 2.75) is 25.7 Å². The van der Waals surface area contributed by atoms with Crippen molar-refractivity contribution in [3.8, 4) is 6.07 Å². The molecule has 1 aliphatic carbocycles. The van der Waals surface area contributed by atoms with Gasteiger partial charge in [-0.15, -0.1) is 0 Å². The van der Waals surface area contributed by atoms with Gasteiger partial charge >= 0.3 is 0 Å². The first-order valence-electron chi connectivity index (χ1n) is 9.60. The molecule has 1 amide bonds. The summed E-state index contributed by atoms with van der Waals surface area (Å²) in [5.74, 6) is 0.492. The summed E-state index contributed by atoms with van der Waals surface area (Å²) in [4.78, 5) is 13.0. The highest BCUT2D eigenvalue weighted by Gasteiger charge is 2.31. The molecule has 0 unspecified atom stereocenters. The molecule has 1 fully saturated rings. The molecule has 0 spiro atoms. The van der Waals surface area contributed by atoms with Crippen molar-refractivity contribution in [1.29, 1.82) is 5.26 Å². The number of hydrazine groups is 1. The van der Waals surface area contributed by atoms with E-state index in [0.717, 1.165) is 31.5 Å². The number of benzene rings is 2. The van der Waals surface area contributed by atoms with Gasteiger partial charge in [0.05, 0.1) is 11.6 Å². The monoisotopic (exact) mass is 390 g/mol. The molecule has 5 nitrogen and oxygen atoms in total. The van der Waals surface area contributed by atoms with Crippen LogP contribution in [0.15, 0.2) is 48.5 Å². The third-order valence-electron chi connectivity index (χ3n) is 5.40. The molecule has 2 aromatic carbocycles. The van der Waals surface area contributed by atoms with E-state index in [0.29, 0.717) is 29.6 Å². The summed E-state index contributed by atoms with van der Waals surface area (Å²) in [6, 6.07) is 17.8. The zero-order chi connectivity index (χ0) is 19.5. The Morgan fingerprint density at radius 1 is 1.11 bits per heavy atom. The van der Waals surface area contributed by atoms with E-state index in [1.807, 2.05) is 17.1 Å². The number of fused-ring (bicyclic) bond motifs is 1. The van der Waals surface area contributed by atoms with Gasteiger partial charge in [0.25, 0.3) is 0 Å². The standard InChI is InChI=1S/C22H22N4OS/c23-15-16-5-3-8-20(13-16)24-22(28)26-10-4-9-25(26)21(27)14-17-11-18-6-1-2-7-19(18)12-17/h1-3,5-8,13,17H,4,9-12,14H2,(H,24,28). The Morgan fingerprint density at radius 2 is 1.82 bits per heavy atom. The Labute approximate surface area is 170 Å². The van der Waals surface area contributed by atoms with Gasteiger partial charge < -0.3 is 5.32 Å². The first kappa shape index (κ1) is 18.5. The number of anilines is 1. The minimum absolute atomic E-state index is 0.130. The molecular weight excluding hydrogens is 368 g/mol. The van der Waals surface area contributed by atoms with Gasteiger partial charge in [-0.05, 0) is 66.7 Å². The molecule has 1 heterocycles. The van der Waals surface area contributed by atoms with Gasteiger partial charge in [0.1, 0.15) is 0 Å². The quantitative estimate of drug-likeness (QED) is 0.813. The lowest BCUT2D eigenvalue weighted by molar-refractivity contribution is -0.139. The molecule has 2 aliphatic rings. The zero-order valence-corrected chi connectivity index (χ0v) is 16.4. The fourth-order valence-electron chi connectivity index (χ4n) is 4.08. The zero-order valence-electron chi connectivity index (χ0n) is 15.6. The molecule has 0 radical (unpaired) electrons. The predicted octanol–water partition coefficient (Wildman–Crippen LogP) is 3.51. The van der Waals surface area contributed by atoms with Gasteiger partial charge in [0.15, 0.2) is 5.11 Å². The Hall–Kier alpha value is -2.91. The SMILES string of the molecule is N#Cc1cccc(NC(=S)N2CCCN2C(=O)CC2Cc3ccccc3C2)c1. The smallest absolute Gasteiger partial charge is 0.241 e. The largest absolute Gasteiger partial charge is 0.331 e. The minimum Gasteiger partial charge on any atom is -0.331 e. The molecule has 0 bridgehead atoms. The molecule has 28 heavy (non-hydrogen) atoms. The van der Waals surface area contributed by atoms with Crippen LogP contribution < -0.4 is 5.32 Å². The molecule has 0 saturated carbocycles. The van der Waals surface area contributed by atoms with Crippen molar-refractivity contribution in [2.24, 2.45) is 5.92 Å². The minimum atomic E-state index is 0.130. The highest BCUT2D eigenvalue weighted by atomic mass is 32.1. The number of amides is 1. The molecular formula is C22H22N4OS. The molecule has 142 valence electrons. The van der Waals surface area contributed by atoms with Crippen LogP contribution in [0.4, 0.5) is 5.69 Å². The summed E-state index contributed by atoms with van der Waals surface area (Å²) in [6.07, 6.45) is 3.38. The van der Waals surface area contributed by atoms with Crippen molar-refractivity contribution in [2.75, 3.05) is 18.4 Å². The molecule has 0 aromatic heterocycles. The Kier molecular flexibility index (Phi) is 5.27. The summed E-state index contributed by atoms with van der Waals surface area (Å²) in [6.45, 7) is 1.42. The summed E-state index contributed by atoms with van der Waals surface area (Å²) in [5.41, 5.74) is 4.07. The second-order valence-electron chi connectivity index (χ2n) is 7.36. The molecule has 1 aliphatic heterocycles. The van der Waals surface area contributed by atoms with E-state index in [1.54, 1.807) is 17.1 Å². The fraction of sp³-hybridized carbons (Fsp3) is 0.318. The highest BCUT2D eigenvalue weighted by Crippen LogP contribution is 2.29. The number of carbonyl (C=O) groups is 1. The number of carbonyl (C=O) groups excluding carboxylic acids is 1. The van der Waals surface area contributed by atoms with Crippen LogP contribution in [0.2, 0.25) is 0 Å². The normalized spacial score (nSPS) is 16.0. The van der Waals surface area contributed by atoms with Crippen LogP contribution in [0.5, 0.6) is 0 Å². The number of hydrogen-bond donors (Lipinski definition) is 1. The van der Waals surface area contributed by atoms with Gasteiger partial charge in [-0.3, -0.25) is 14.8 Å². The first-order chi connectivity index (χ1) is 13.6. The Balaban J connectivity index is 1.38. The number of hydrogen-bond acceptors (Lipinski definition) is 3. The number of nitrogens with zero attached hydrogens (tertiary/aromatic N) is 3. The summed E-state index contributed by atoms with van der Waals surface area (Å²) in [5, 5.41) is 16.4. The van der Waals surface area contributed by atoms with Crippen LogP contribution in [-0.4, -0.2) is 34.1 Å². The molecule has 4 rings (SSSR count). The van der Waals surface area contributed by atoms with Gasteiger partial charge in [0.2, 0.25) is 5.91 Å². The van der Waals surface area contributed by atoms with Gasteiger partial charge in [0, 0.05) is 25.2 Å². The van der Waals surface area contributed by atoms with Crippen LogP contribution in [0.1, 0.15) is 29.5 Å². The van der Waals surface area contributed by atoms with Crippen LogP contribution in [0.3, 0.4) is 0 Å². The summed E-state index contributed by atoms with van der Waals surface area (Å²) in [7, 11) is 0. The van der Waals surface area contributed by atoms with E-state index >= 15 is 0 Å². The number of thiocarbonyl (C=S) groups is 1. The van der Waals surface area contributed by atoms with Crippen molar-refractivity contribution in [3.05, 3.63) is 65.2 Å². The molecule has 1 N–H and O–H groups in total. The predicted molar refractivity (Wildman–Crippen MR) is 112 cm³/mol. The lowest BCUT2D eigenvalue weighted by Gasteiger charge is -2.31. The lowest BCUT2D eigenvalue weighted by Crippen LogP contribution is -2.47. The maximum Gasteiger partial charge on any atom is 0.241 e. The van der Waals surface area contributed by atoms with Gasteiger partial charge in [-0.2, -0.15) is 5.26 Å². The third-order valence-corrected chi connectivity index (χ3v) is 5.71. The summed E-state index contributed by atoms with van der Waals surface area (Å²) < 4.78 is 0. The van der Waals surface area contributed by atoms with E-state index in [1.165, 1.54) is 11.1 Å². The van der Waals surface area contributed by atoms with Crippen LogP contribution in [0.25, 0.3) is 0 Å². The van der Waals surface area contributed by atoms with E-state index in [-0.39, 0.29) is 5.91 Å². The molecule has 2 aromatic rings. The van der Waals surface area contributed by atoms with Crippen molar-refractivity contribution < 1.29 is 4.79 Å². The third kappa shape index (κ3) is 3.85. The van der Waals surface area contributed by atoms with E-state index in [9.17, 15) is 4.79 Å². The fourth-order valence-corrected chi connectivity index (χ4v) is 4.39. The summed E-state index contributed by atoms with van der Waals surface area (Å²) >= 11 is 5.55. The molecule has 1 saturated heterocycles. The van der Waals surface area contributed by atoms with E-state index in [4.69, 9.17) is 17.5 Å². The number of nitriles is 1. The Bertz CT molecular complexity index is 927. The van der Waals surface area contributed by atoms with Gasteiger partial charge in [-0.1, -0.05) is 30.3 Å². The second-order valence-corrected chi connectivity index (χ2v) is 7.75. The molecule has 6 heteroatoms. The Morgan fingerprint density at radius 3 is 2.54 bits per heavy atom. The first-order valence-corrected chi connectivity index (χ1v) is 10.0.